The molecule has 0 radical (unpaired) electrons. The lowest BCUT2D eigenvalue weighted by Crippen LogP contribution is -2.32. The van der Waals surface area contributed by atoms with Crippen LogP contribution in [0.1, 0.15) is 44.2 Å². The van der Waals surface area contributed by atoms with E-state index in [0.717, 1.165) is 42.6 Å². The third kappa shape index (κ3) is 4.42. The molecule has 2 atom stereocenters. The van der Waals surface area contributed by atoms with Gasteiger partial charge in [0.05, 0.1) is 18.6 Å². The highest BCUT2D eigenvalue weighted by Gasteiger charge is 2.19. The maximum Gasteiger partial charge on any atom is 0.223 e. The summed E-state index contributed by atoms with van der Waals surface area (Å²) in [7, 11) is 0. The van der Waals surface area contributed by atoms with Gasteiger partial charge in [-0.2, -0.15) is 0 Å². The van der Waals surface area contributed by atoms with E-state index in [1.54, 1.807) is 12.4 Å². The number of carbonyl (C=O) groups excluding carboxylic acids is 1. The Hall–Kier alpha value is -2.20. The monoisotopic (exact) mass is 324 g/mol. The second-order valence-electron chi connectivity index (χ2n) is 6.34. The zero-order valence-electron chi connectivity index (χ0n) is 14.1. The SMILES string of the molecule is CC(NC(=O)CC1CCCCO1)c1ccc(-c2ccncc2)cc1. The number of aromatic nitrogens is 1. The first-order valence-corrected chi connectivity index (χ1v) is 8.64. The van der Waals surface area contributed by atoms with Gasteiger partial charge in [0.15, 0.2) is 0 Å². The standard InChI is InChI=1S/C20H24N2O2/c1-15(22-20(23)14-19-4-2-3-13-24-19)16-5-7-17(8-6-16)18-9-11-21-12-10-18/h5-12,15,19H,2-4,13-14H2,1H3,(H,22,23). The molecule has 2 unspecified atom stereocenters. The molecule has 2 aromatic rings. The van der Waals surface area contributed by atoms with E-state index >= 15 is 0 Å². The summed E-state index contributed by atoms with van der Waals surface area (Å²) < 4.78 is 5.63. The largest absolute Gasteiger partial charge is 0.378 e. The number of nitrogens with one attached hydrogen (secondary N) is 1. The molecule has 0 bridgehead atoms. The van der Waals surface area contributed by atoms with Crippen molar-refractivity contribution in [2.75, 3.05) is 6.61 Å². The predicted molar refractivity (Wildman–Crippen MR) is 94.4 cm³/mol. The third-order valence-electron chi connectivity index (χ3n) is 4.49. The van der Waals surface area contributed by atoms with Gasteiger partial charge in [0.1, 0.15) is 0 Å². The Morgan fingerprint density at radius 1 is 1.17 bits per heavy atom. The number of rotatable bonds is 5. The van der Waals surface area contributed by atoms with Gasteiger partial charge in [-0.25, -0.2) is 0 Å². The lowest BCUT2D eigenvalue weighted by Gasteiger charge is -2.23. The fourth-order valence-electron chi connectivity index (χ4n) is 3.07. The smallest absolute Gasteiger partial charge is 0.223 e. The van der Waals surface area contributed by atoms with Crippen molar-refractivity contribution in [1.29, 1.82) is 0 Å². The number of amides is 1. The summed E-state index contributed by atoms with van der Waals surface area (Å²) in [5, 5.41) is 3.07. The van der Waals surface area contributed by atoms with E-state index in [9.17, 15) is 4.79 Å². The van der Waals surface area contributed by atoms with Gasteiger partial charge in [0, 0.05) is 19.0 Å². The van der Waals surface area contributed by atoms with Crippen LogP contribution >= 0.6 is 0 Å². The van der Waals surface area contributed by atoms with Crippen molar-refractivity contribution in [3.05, 3.63) is 54.4 Å². The average molecular weight is 324 g/mol. The highest BCUT2D eigenvalue weighted by atomic mass is 16.5. The molecule has 1 amide bonds. The number of hydrogen-bond acceptors (Lipinski definition) is 3. The van der Waals surface area contributed by atoms with Crippen molar-refractivity contribution in [1.82, 2.24) is 10.3 Å². The molecule has 4 nitrogen and oxygen atoms in total. The molecule has 1 fully saturated rings. The Balaban J connectivity index is 1.56. The fourth-order valence-corrected chi connectivity index (χ4v) is 3.07. The normalized spacial score (nSPS) is 18.8. The summed E-state index contributed by atoms with van der Waals surface area (Å²) in [6.45, 7) is 2.80. The summed E-state index contributed by atoms with van der Waals surface area (Å²) in [5.41, 5.74) is 3.39. The zero-order valence-corrected chi connectivity index (χ0v) is 14.1. The molecule has 0 spiro atoms. The van der Waals surface area contributed by atoms with Gasteiger partial charge in [-0.05, 0) is 55.0 Å². The second-order valence-corrected chi connectivity index (χ2v) is 6.34. The number of nitrogens with zero attached hydrogens (tertiary/aromatic N) is 1. The second kappa shape index (κ2) is 8.06. The van der Waals surface area contributed by atoms with Gasteiger partial charge in [0.25, 0.3) is 0 Å². The van der Waals surface area contributed by atoms with Gasteiger partial charge in [-0.15, -0.1) is 0 Å². The van der Waals surface area contributed by atoms with Crippen LogP contribution in [-0.4, -0.2) is 23.6 Å². The molecular weight excluding hydrogens is 300 g/mol. The molecule has 0 saturated carbocycles. The van der Waals surface area contributed by atoms with E-state index in [1.807, 2.05) is 19.1 Å². The summed E-state index contributed by atoms with van der Waals surface area (Å²) in [6.07, 6.45) is 7.38. The van der Waals surface area contributed by atoms with Crippen LogP contribution in [0.4, 0.5) is 0 Å². The zero-order chi connectivity index (χ0) is 16.8. The van der Waals surface area contributed by atoms with Crippen LogP contribution in [0, 0.1) is 0 Å². The molecule has 4 heteroatoms. The van der Waals surface area contributed by atoms with Crippen LogP contribution < -0.4 is 5.32 Å². The molecule has 126 valence electrons. The molecule has 1 N–H and O–H groups in total. The molecule has 1 saturated heterocycles. The number of carbonyl (C=O) groups is 1. The van der Waals surface area contributed by atoms with Crippen LogP contribution in [0.15, 0.2) is 48.8 Å². The number of ether oxygens (including phenoxy) is 1. The maximum absolute atomic E-state index is 12.2. The van der Waals surface area contributed by atoms with Crippen molar-refractivity contribution in [2.24, 2.45) is 0 Å². The molecule has 24 heavy (non-hydrogen) atoms. The molecule has 1 aliphatic heterocycles. The van der Waals surface area contributed by atoms with Crippen molar-refractivity contribution in [3.8, 4) is 11.1 Å². The van der Waals surface area contributed by atoms with Crippen LogP contribution in [0.5, 0.6) is 0 Å². The van der Waals surface area contributed by atoms with Crippen LogP contribution in [0.3, 0.4) is 0 Å². The summed E-state index contributed by atoms with van der Waals surface area (Å²) in [4.78, 5) is 16.2. The van der Waals surface area contributed by atoms with Crippen molar-refractivity contribution in [3.63, 3.8) is 0 Å². The Bertz CT molecular complexity index is 649. The Morgan fingerprint density at radius 2 is 1.88 bits per heavy atom. The molecule has 3 rings (SSSR count). The lowest BCUT2D eigenvalue weighted by atomic mass is 10.0. The van der Waals surface area contributed by atoms with Crippen molar-refractivity contribution in [2.45, 2.75) is 44.8 Å². The van der Waals surface area contributed by atoms with E-state index < -0.39 is 0 Å². The average Bonchev–Trinajstić information content (AvgIpc) is 2.63. The van der Waals surface area contributed by atoms with E-state index in [0.29, 0.717) is 6.42 Å². The molecule has 0 aliphatic carbocycles. The van der Waals surface area contributed by atoms with Gasteiger partial charge < -0.3 is 10.1 Å². The molecular formula is C20H24N2O2. The number of hydrogen-bond donors (Lipinski definition) is 1. The third-order valence-corrected chi connectivity index (χ3v) is 4.49. The summed E-state index contributed by atoms with van der Waals surface area (Å²) in [6, 6.07) is 12.3. The van der Waals surface area contributed by atoms with Crippen molar-refractivity contribution >= 4 is 5.91 Å². The summed E-state index contributed by atoms with van der Waals surface area (Å²) in [5.74, 6) is 0.0626. The maximum atomic E-state index is 12.2. The van der Waals surface area contributed by atoms with Crippen molar-refractivity contribution < 1.29 is 9.53 Å². The molecule has 1 aromatic carbocycles. The topological polar surface area (TPSA) is 51.2 Å². The predicted octanol–water partition coefficient (Wildman–Crippen LogP) is 3.89. The van der Waals surface area contributed by atoms with Gasteiger partial charge >= 0.3 is 0 Å². The molecule has 2 heterocycles. The first kappa shape index (κ1) is 16.7. The van der Waals surface area contributed by atoms with Gasteiger partial charge in [0.2, 0.25) is 5.91 Å². The minimum atomic E-state index is -0.00687. The van der Waals surface area contributed by atoms with Crippen LogP contribution in [0.25, 0.3) is 11.1 Å². The number of pyridine rings is 1. The highest BCUT2D eigenvalue weighted by Crippen LogP contribution is 2.22. The molecule has 1 aliphatic rings. The minimum absolute atomic E-state index is 0.00687. The molecule has 1 aromatic heterocycles. The first-order valence-electron chi connectivity index (χ1n) is 8.64. The van der Waals surface area contributed by atoms with Crippen LogP contribution in [0.2, 0.25) is 0 Å². The highest BCUT2D eigenvalue weighted by molar-refractivity contribution is 5.77. The summed E-state index contributed by atoms with van der Waals surface area (Å²) >= 11 is 0. The Labute approximate surface area is 143 Å². The van der Waals surface area contributed by atoms with E-state index in [4.69, 9.17) is 4.74 Å². The van der Waals surface area contributed by atoms with E-state index in [1.165, 1.54) is 0 Å². The van der Waals surface area contributed by atoms with Gasteiger partial charge in [-0.1, -0.05) is 24.3 Å². The fraction of sp³-hybridized carbons (Fsp3) is 0.400. The Morgan fingerprint density at radius 3 is 2.54 bits per heavy atom. The van der Waals surface area contributed by atoms with E-state index in [-0.39, 0.29) is 18.1 Å². The Kier molecular flexibility index (Phi) is 5.59. The van der Waals surface area contributed by atoms with E-state index in [2.05, 4.69) is 34.6 Å². The quantitative estimate of drug-likeness (QED) is 0.908. The first-order chi connectivity index (χ1) is 11.7. The lowest BCUT2D eigenvalue weighted by molar-refractivity contribution is -0.125. The van der Waals surface area contributed by atoms with Gasteiger partial charge in [-0.3, -0.25) is 9.78 Å². The minimum Gasteiger partial charge on any atom is -0.378 e. The van der Waals surface area contributed by atoms with Crippen LogP contribution in [-0.2, 0) is 9.53 Å². The number of benzene rings is 1.